The third kappa shape index (κ3) is 2.42. The Balaban J connectivity index is 2.00. The lowest BCUT2D eigenvalue weighted by molar-refractivity contribution is 0.641. The summed E-state index contributed by atoms with van der Waals surface area (Å²) in [5, 5.41) is 7.77. The topological polar surface area (TPSA) is 29.9 Å². The van der Waals surface area contributed by atoms with Gasteiger partial charge in [-0.05, 0) is 19.4 Å². The second-order valence-electron chi connectivity index (χ2n) is 3.83. The monoisotopic (exact) mass is 215 g/mol. The molecule has 84 valence electrons. The summed E-state index contributed by atoms with van der Waals surface area (Å²) in [7, 11) is 0. The molecule has 0 atom stereocenters. The van der Waals surface area contributed by atoms with Gasteiger partial charge in [0, 0.05) is 24.8 Å². The Labute approximate surface area is 96.1 Å². The molecule has 0 saturated heterocycles. The third-order valence-corrected chi connectivity index (χ3v) is 2.60. The fraction of sp³-hybridized carbons (Fsp3) is 0.308. The van der Waals surface area contributed by atoms with Crippen molar-refractivity contribution in [1.29, 1.82) is 0 Å². The van der Waals surface area contributed by atoms with Crippen LogP contribution in [0.1, 0.15) is 18.2 Å². The highest BCUT2D eigenvalue weighted by Gasteiger charge is 2.01. The van der Waals surface area contributed by atoms with Crippen molar-refractivity contribution in [3.05, 3.63) is 47.7 Å². The Morgan fingerprint density at radius 3 is 2.62 bits per heavy atom. The van der Waals surface area contributed by atoms with Crippen LogP contribution < -0.4 is 5.32 Å². The second kappa shape index (κ2) is 4.84. The van der Waals surface area contributed by atoms with Crippen LogP contribution in [0.15, 0.2) is 36.4 Å². The summed E-state index contributed by atoms with van der Waals surface area (Å²) in [5.41, 5.74) is 2.46. The molecule has 0 amide bonds. The van der Waals surface area contributed by atoms with E-state index < -0.39 is 0 Å². The largest absolute Gasteiger partial charge is 0.365 e. The number of aryl methyl sites for hydroxylation is 2. The van der Waals surface area contributed by atoms with Gasteiger partial charge in [-0.15, -0.1) is 0 Å². The fourth-order valence-electron chi connectivity index (χ4n) is 1.71. The predicted octanol–water partition coefficient (Wildman–Crippen LogP) is 2.82. The van der Waals surface area contributed by atoms with Gasteiger partial charge in [-0.3, -0.25) is 4.68 Å². The number of nitrogens with one attached hydrogen (secondary N) is 1. The highest BCUT2D eigenvalue weighted by atomic mass is 15.3. The maximum Gasteiger partial charge on any atom is 0.148 e. The normalized spacial score (nSPS) is 10.4. The van der Waals surface area contributed by atoms with Crippen LogP contribution in [0.2, 0.25) is 0 Å². The first kappa shape index (κ1) is 10.7. The molecule has 0 radical (unpaired) electrons. The fourth-order valence-corrected chi connectivity index (χ4v) is 1.71. The lowest BCUT2D eigenvalue weighted by atomic mass is 10.2. The minimum Gasteiger partial charge on any atom is -0.365 e. The molecule has 1 aromatic heterocycles. The molecule has 0 saturated carbocycles. The molecule has 1 N–H and O–H groups in total. The Kier molecular flexibility index (Phi) is 3.25. The lowest BCUT2D eigenvalue weighted by Crippen LogP contribution is -2.02. The van der Waals surface area contributed by atoms with Crippen molar-refractivity contribution in [2.75, 3.05) is 5.32 Å². The van der Waals surface area contributed by atoms with Crippen LogP contribution in [-0.2, 0) is 13.1 Å². The van der Waals surface area contributed by atoms with Gasteiger partial charge in [0.1, 0.15) is 5.82 Å². The van der Waals surface area contributed by atoms with E-state index in [2.05, 4.69) is 42.5 Å². The number of nitrogens with zero attached hydrogens (tertiary/aromatic N) is 2. The molecule has 0 aliphatic heterocycles. The Morgan fingerprint density at radius 2 is 2.00 bits per heavy atom. The number of aromatic nitrogens is 2. The maximum absolute atomic E-state index is 4.45. The molecular formula is C13H17N3. The summed E-state index contributed by atoms with van der Waals surface area (Å²) >= 11 is 0. The molecule has 1 aromatic carbocycles. The van der Waals surface area contributed by atoms with Gasteiger partial charge >= 0.3 is 0 Å². The van der Waals surface area contributed by atoms with Crippen molar-refractivity contribution < 1.29 is 0 Å². The van der Waals surface area contributed by atoms with Crippen LogP contribution in [-0.4, -0.2) is 9.78 Å². The molecule has 0 unspecified atom stereocenters. The molecule has 2 rings (SSSR count). The summed E-state index contributed by atoms with van der Waals surface area (Å²) in [4.78, 5) is 0. The Morgan fingerprint density at radius 1 is 1.25 bits per heavy atom. The molecule has 3 heteroatoms. The average molecular weight is 215 g/mol. The summed E-state index contributed by atoms with van der Waals surface area (Å²) < 4.78 is 1.99. The molecule has 0 fully saturated rings. The van der Waals surface area contributed by atoms with Gasteiger partial charge in [0.15, 0.2) is 0 Å². The second-order valence-corrected chi connectivity index (χ2v) is 3.83. The first-order chi connectivity index (χ1) is 7.79. The molecule has 1 heterocycles. The van der Waals surface area contributed by atoms with Crippen molar-refractivity contribution in [2.45, 2.75) is 26.9 Å². The number of hydrogen-bond acceptors (Lipinski definition) is 2. The van der Waals surface area contributed by atoms with Crippen LogP contribution in [0, 0.1) is 6.92 Å². The van der Waals surface area contributed by atoms with Crippen molar-refractivity contribution in [3.63, 3.8) is 0 Å². The summed E-state index contributed by atoms with van der Waals surface area (Å²) in [5.74, 6) is 0.947. The summed E-state index contributed by atoms with van der Waals surface area (Å²) in [6.07, 6.45) is 0. The SMILES string of the molecule is CCn1nc(NCc2ccccc2)cc1C. The maximum atomic E-state index is 4.45. The highest BCUT2D eigenvalue weighted by Crippen LogP contribution is 2.10. The van der Waals surface area contributed by atoms with Gasteiger partial charge < -0.3 is 5.32 Å². The summed E-state index contributed by atoms with van der Waals surface area (Å²) in [6.45, 7) is 5.91. The van der Waals surface area contributed by atoms with E-state index in [-0.39, 0.29) is 0 Å². The number of benzene rings is 1. The minimum atomic E-state index is 0.820. The van der Waals surface area contributed by atoms with Gasteiger partial charge in [-0.1, -0.05) is 30.3 Å². The first-order valence-corrected chi connectivity index (χ1v) is 5.62. The number of hydrogen-bond donors (Lipinski definition) is 1. The zero-order valence-electron chi connectivity index (χ0n) is 9.77. The van der Waals surface area contributed by atoms with Crippen molar-refractivity contribution >= 4 is 5.82 Å². The minimum absolute atomic E-state index is 0.820. The van der Waals surface area contributed by atoms with Crippen molar-refractivity contribution in [3.8, 4) is 0 Å². The molecule has 0 aliphatic rings. The van der Waals surface area contributed by atoms with E-state index in [0.29, 0.717) is 0 Å². The van der Waals surface area contributed by atoms with Gasteiger partial charge in [0.25, 0.3) is 0 Å². The van der Waals surface area contributed by atoms with E-state index in [9.17, 15) is 0 Å². The summed E-state index contributed by atoms with van der Waals surface area (Å²) in [6, 6.07) is 12.4. The van der Waals surface area contributed by atoms with E-state index in [1.54, 1.807) is 0 Å². The molecule has 0 aliphatic carbocycles. The number of anilines is 1. The Bertz CT molecular complexity index is 445. The van der Waals surface area contributed by atoms with Crippen LogP contribution >= 0.6 is 0 Å². The van der Waals surface area contributed by atoms with Gasteiger partial charge in [-0.25, -0.2) is 0 Å². The molecule has 3 nitrogen and oxygen atoms in total. The smallest absolute Gasteiger partial charge is 0.148 e. The van der Waals surface area contributed by atoms with E-state index in [0.717, 1.165) is 18.9 Å². The molecule has 0 spiro atoms. The quantitative estimate of drug-likeness (QED) is 0.850. The van der Waals surface area contributed by atoms with E-state index in [1.165, 1.54) is 11.3 Å². The van der Waals surface area contributed by atoms with Gasteiger partial charge in [0.05, 0.1) is 0 Å². The zero-order chi connectivity index (χ0) is 11.4. The first-order valence-electron chi connectivity index (χ1n) is 5.62. The lowest BCUT2D eigenvalue weighted by Gasteiger charge is -2.02. The van der Waals surface area contributed by atoms with Crippen molar-refractivity contribution in [2.24, 2.45) is 0 Å². The zero-order valence-corrected chi connectivity index (χ0v) is 9.77. The van der Waals surface area contributed by atoms with E-state index in [1.807, 2.05) is 22.9 Å². The molecule has 16 heavy (non-hydrogen) atoms. The van der Waals surface area contributed by atoms with Crippen LogP contribution in [0.5, 0.6) is 0 Å². The van der Waals surface area contributed by atoms with Crippen LogP contribution in [0.3, 0.4) is 0 Å². The standard InChI is InChI=1S/C13H17N3/c1-3-16-11(2)9-13(15-16)14-10-12-7-5-4-6-8-12/h4-9H,3,10H2,1-2H3,(H,14,15). The van der Waals surface area contributed by atoms with Gasteiger partial charge in [0.2, 0.25) is 0 Å². The van der Waals surface area contributed by atoms with E-state index >= 15 is 0 Å². The highest BCUT2D eigenvalue weighted by molar-refractivity contribution is 5.36. The van der Waals surface area contributed by atoms with Crippen molar-refractivity contribution in [1.82, 2.24) is 9.78 Å². The number of rotatable bonds is 4. The Hall–Kier alpha value is -1.77. The van der Waals surface area contributed by atoms with Crippen LogP contribution in [0.4, 0.5) is 5.82 Å². The predicted molar refractivity (Wildman–Crippen MR) is 66.4 cm³/mol. The molecule has 0 bridgehead atoms. The van der Waals surface area contributed by atoms with Gasteiger partial charge in [-0.2, -0.15) is 5.10 Å². The molecule has 2 aromatic rings. The average Bonchev–Trinajstić information content (AvgIpc) is 2.69. The van der Waals surface area contributed by atoms with Crippen LogP contribution in [0.25, 0.3) is 0 Å². The molecular weight excluding hydrogens is 198 g/mol. The third-order valence-electron chi connectivity index (χ3n) is 2.60. The van der Waals surface area contributed by atoms with E-state index in [4.69, 9.17) is 0 Å².